The van der Waals surface area contributed by atoms with Crippen molar-refractivity contribution in [2.75, 3.05) is 6.61 Å². The minimum absolute atomic E-state index is 0.148. The Morgan fingerprint density at radius 2 is 1.83 bits per heavy atom. The fraction of sp³-hybridized carbons (Fsp3) is 0.125. The van der Waals surface area contributed by atoms with E-state index >= 15 is 0 Å². The van der Waals surface area contributed by atoms with Gasteiger partial charge >= 0.3 is 0 Å². The van der Waals surface area contributed by atoms with Gasteiger partial charge in [0.1, 0.15) is 0 Å². The number of nitrogens with two attached hydrogens (primary N) is 1. The Labute approximate surface area is 144 Å². The lowest BCUT2D eigenvalue weighted by Gasteiger charge is -2.05. The highest BCUT2D eigenvalue weighted by molar-refractivity contribution is 6.31. The summed E-state index contributed by atoms with van der Waals surface area (Å²) in [7, 11) is 0. The SMILES string of the molecule is N/C(=N/OCC(=O)NCc1cccc(Cl)c1)c1cccc(Cl)c1. The fourth-order valence-corrected chi connectivity index (χ4v) is 2.16. The van der Waals surface area contributed by atoms with Gasteiger partial charge in [-0.05, 0) is 29.8 Å². The zero-order valence-corrected chi connectivity index (χ0v) is 13.6. The maximum absolute atomic E-state index is 11.7. The summed E-state index contributed by atoms with van der Waals surface area (Å²) in [5, 5.41) is 7.55. The van der Waals surface area contributed by atoms with Crippen molar-refractivity contribution < 1.29 is 9.63 Å². The summed E-state index contributed by atoms with van der Waals surface area (Å²) in [6.45, 7) is 0.123. The van der Waals surface area contributed by atoms with Crippen LogP contribution in [0.1, 0.15) is 11.1 Å². The van der Waals surface area contributed by atoms with Gasteiger partial charge in [0, 0.05) is 22.2 Å². The lowest BCUT2D eigenvalue weighted by molar-refractivity contribution is -0.125. The number of hydrogen-bond acceptors (Lipinski definition) is 3. The molecule has 1 amide bonds. The van der Waals surface area contributed by atoms with E-state index in [0.29, 0.717) is 22.2 Å². The van der Waals surface area contributed by atoms with E-state index in [1.165, 1.54) is 0 Å². The molecule has 5 nitrogen and oxygen atoms in total. The van der Waals surface area contributed by atoms with Crippen molar-refractivity contribution in [3.05, 3.63) is 69.7 Å². The Balaban J connectivity index is 1.79. The van der Waals surface area contributed by atoms with Gasteiger partial charge in [0.2, 0.25) is 0 Å². The number of oxime groups is 1. The third kappa shape index (κ3) is 5.81. The molecule has 0 bridgehead atoms. The second-order valence-electron chi connectivity index (χ2n) is 4.67. The highest BCUT2D eigenvalue weighted by Crippen LogP contribution is 2.11. The van der Waals surface area contributed by atoms with E-state index < -0.39 is 0 Å². The van der Waals surface area contributed by atoms with E-state index in [-0.39, 0.29) is 18.3 Å². The molecule has 0 spiro atoms. The van der Waals surface area contributed by atoms with Crippen LogP contribution in [0.4, 0.5) is 0 Å². The number of carbonyl (C=O) groups excluding carboxylic acids is 1. The number of amidine groups is 1. The Morgan fingerprint density at radius 3 is 2.52 bits per heavy atom. The monoisotopic (exact) mass is 351 g/mol. The number of nitrogens with zero attached hydrogens (tertiary/aromatic N) is 1. The molecule has 0 saturated carbocycles. The van der Waals surface area contributed by atoms with E-state index in [4.69, 9.17) is 33.8 Å². The highest BCUT2D eigenvalue weighted by atomic mass is 35.5. The Hall–Kier alpha value is -2.24. The molecule has 0 radical (unpaired) electrons. The minimum atomic E-state index is -0.312. The summed E-state index contributed by atoms with van der Waals surface area (Å²) < 4.78 is 0. The third-order valence-electron chi connectivity index (χ3n) is 2.86. The van der Waals surface area contributed by atoms with Crippen molar-refractivity contribution in [2.24, 2.45) is 10.9 Å². The first kappa shape index (κ1) is 17.1. The summed E-state index contributed by atoms with van der Waals surface area (Å²) in [4.78, 5) is 16.6. The number of halogens is 2. The summed E-state index contributed by atoms with van der Waals surface area (Å²) in [6, 6.07) is 14.1. The first-order valence-electron chi connectivity index (χ1n) is 6.77. The zero-order chi connectivity index (χ0) is 16.7. The van der Waals surface area contributed by atoms with Crippen LogP contribution in [-0.2, 0) is 16.2 Å². The molecule has 2 rings (SSSR count). The van der Waals surface area contributed by atoms with Crippen LogP contribution in [0.5, 0.6) is 0 Å². The van der Waals surface area contributed by atoms with Gasteiger partial charge in [-0.2, -0.15) is 0 Å². The molecule has 0 aliphatic rings. The van der Waals surface area contributed by atoms with Crippen LogP contribution in [0.15, 0.2) is 53.7 Å². The van der Waals surface area contributed by atoms with Crippen LogP contribution >= 0.6 is 23.2 Å². The largest absolute Gasteiger partial charge is 0.384 e. The average molecular weight is 352 g/mol. The van der Waals surface area contributed by atoms with Gasteiger partial charge in [0.25, 0.3) is 5.91 Å². The second-order valence-corrected chi connectivity index (χ2v) is 5.54. The van der Waals surface area contributed by atoms with Crippen LogP contribution in [0.25, 0.3) is 0 Å². The van der Waals surface area contributed by atoms with Crippen LogP contribution in [0, 0.1) is 0 Å². The van der Waals surface area contributed by atoms with Gasteiger partial charge in [-0.1, -0.05) is 52.6 Å². The van der Waals surface area contributed by atoms with E-state index in [0.717, 1.165) is 5.56 Å². The number of benzene rings is 2. The molecule has 3 N–H and O–H groups in total. The van der Waals surface area contributed by atoms with Crippen molar-refractivity contribution in [3.8, 4) is 0 Å². The van der Waals surface area contributed by atoms with E-state index in [1.54, 1.807) is 36.4 Å². The molecule has 120 valence electrons. The molecule has 0 heterocycles. The Bertz CT molecular complexity index is 720. The van der Waals surface area contributed by atoms with Crippen molar-refractivity contribution in [1.29, 1.82) is 0 Å². The molecule has 0 fully saturated rings. The summed E-state index contributed by atoms with van der Waals surface area (Å²) in [5.41, 5.74) is 7.27. The van der Waals surface area contributed by atoms with Gasteiger partial charge in [-0.25, -0.2) is 0 Å². The number of amides is 1. The standard InChI is InChI=1S/C16H15Cl2N3O2/c17-13-5-1-3-11(7-13)9-20-15(22)10-23-21-16(19)12-4-2-6-14(18)8-12/h1-8H,9-10H2,(H2,19,21)(H,20,22). The topological polar surface area (TPSA) is 76.7 Å². The Kier molecular flexibility index (Phi) is 6.26. The van der Waals surface area contributed by atoms with E-state index in [9.17, 15) is 4.79 Å². The first-order valence-corrected chi connectivity index (χ1v) is 7.52. The molecule has 0 aliphatic carbocycles. The lowest BCUT2D eigenvalue weighted by Crippen LogP contribution is -2.27. The molecular formula is C16H15Cl2N3O2. The minimum Gasteiger partial charge on any atom is -0.384 e. The van der Waals surface area contributed by atoms with Crippen molar-refractivity contribution in [1.82, 2.24) is 5.32 Å². The normalized spacial score (nSPS) is 11.1. The maximum atomic E-state index is 11.7. The summed E-state index contributed by atoms with van der Waals surface area (Å²) in [5.74, 6) is -0.164. The second kappa shape index (κ2) is 8.41. The number of nitrogens with one attached hydrogen (secondary N) is 1. The molecular weight excluding hydrogens is 337 g/mol. The van der Waals surface area contributed by atoms with Crippen molar-refractivity contribution >= 4 is 34.9 Å². The van der Waals surface area contributed by atoms with Gasteiger partial charge in [0.15, 0.2) is 12.4 Å². The molecule has 0 aliphatic heterocycles. The van der Waals surface area contributed by atoms with E-state index in [1.807, 2.05) is 12.1 Å². The van der Waals surface area contributed by atoms with Crippen LogP contribution in [0.3, 0.4) is 0 Å². The van der Waals surface area contributed by atoms with E-state index in [2.05, 4.69) is 10.5 Å². The predicted octanol–water partition coefficient (Wildman–Crippen LogP) is 2.95. The van der Waals surface area contributed by atoms with Gasteiger partial charge in [0.05, 0.1) is 0 Å². The smallest absolute Gasteiger partial charge is 0.261 e. The molecule has 2 aromatic carbocycles. The molecule has 2 aromatic rings. The molecule has 0 unspecified atom stereocenters. The predicted molar refractivity (Wildman–Crippen MR) is 91.4 cm³/mol. The lowest BCUT2D eigenvalue weighted by atomic mass is 10.2. The summed E-state index contributed by atoms with van der Waals surface area (Å²) in [6.07, 6.45) is 0. The van der Waals surface area contributed by atoms with Crippen molar-refractivity contribution in [2.45, 2.75) is 6.54 Å². The maximum Gasteiger partial charge on any atom is 0.261 e. The molecule has 0 atom stereocenters. The quantitative estimate of drug-likeness (QED) is 0.477. The first-order chi connectivity index (χ1) is 11.0. The number of rotatable bonds is 6. The van der Waals surface area contributed by atoms with Crippen LogP contribution in [0.2, 0.25) is 10.0 Å². The van der Waals surface area contributed by atoms with Gasteiger partial charge in [-0.15, -0.1) is 0 Å². The van der Waals surface area contributed by atoms with Crippen LogP contribution < -0.4 is 11.1 Å². The molecule has 0 saturated heterocycles. The highest BCUT2D eigenvalue weighted by Gasteiger charge is 2.04. The van der Waals surface area contributed by atoms with Crippen LogP contribution in [-0.4, -0.2) is 18.3 Å². The average Bonchev–Trinajstić information content (AvgIpc) is 2.53. The molecule has 23 heavy (non-hydrogen) atoms. The fourth-order valence-electron chi connectivity index (χ4n) is 1.76. The number of hydrogen-bond donors (Lipinski definition) is 2. The summed E-state index contributed by atoms with van der Waals surface area (Å²) >= 11 is 11.7. The van der Waals surface area contributed by atoms with Gasteiger partial charge in [-0.3, -0.25) is 4.79 Å². The third-order valence-corrected chi connectivity index (χ3v) is 3.33. The van der Waals surface area contributed by atoms with Gasteiger partial charge < -0.3 is 15.9 Å². The zero-order valence-electron chi connectivity index (χ0n) is 12.1. The molecule has 7 heteroatoms. The number of carbonyl (C=O) groups is 1. The Morgan fingerprint density at radius 1 is 1.13 bits per heavy atom. The van der Waals surface area contributed by atoms with Crippen molar-refractivity contribution in [3.63, 3.8) is 0 Å². The molecule has 0 aromatic heterocycles.